The fourth-order valence-corrected chi connectivity index (χ4v) is 1.79. The van der Waals surface area contributed by atoms with Gasteiger partial charge in [0.15, 0.2) is 0 Å². The third kappa shape index (κ3) is 5.07. The Balaban J connectivity index is 1.90. The quantitative estimate of drug-likeness (QED) is 0.681. The number of nitrogens with zero attached hydrogens (tertiary/aromatic N) is 1. The molecule has 1 rings (SSSR count). The van der Waals surface area contributed by atoms with Crippen molar-refractivity contribution in [1.29, 1.82) is 0 Å². The van der Waals surface area contributed by atoms with Crippen molar-refractivity contribution < 1.29 is 9.53 Å². The van der Waals surface area contributed by atoms with Gasteiger partial charge >= 0.3 is 6.09 Å². The van der Waals surface area contributed by atoms with Crippen molar-refractivity contribution in [1.82, 2.24) is 4.90 Å². The van der Waals surface area contributed by atoms with Gasteiger partial charge in [0, 0.05) is 0 Å². The summed E-state index contributed by atoms with van der Waals surface area (Å²) in [7, 11) is 0. The number of carbonyl (C=O) groups is 1. The predicted molar refractivity (Wildman–Crippen MR) is 55.1 cm³/mol. The third-order valence-electron chi connectivity index (χ3n) is 2.56. The van der Waals surface area contributed by atoms with E-state index in [1.54, 1.807) is 0 Å². The zero-order chi connectivity index (χ0) is 10.2. The highest BCUT2D eigenvalue weighted by atomic mass is 16.5. The number of primary amides is 1. The molecule has 1 heterocycles. The summed E-state index contributed by atoms with van der Waals surface area (Å²) >= 11 is 0. The van der Waals surface area contributed by atoms with E-state index < -0.39 is 6.09 Å². The number of rotatable bonds is 5. The van der Waals surface area contributed by atoms with E-state index in [4.69, 9.17) is 5.73 Å². The van der Waals surface area contributed by atoms with Crippen LogP contribution in [-0.4, -0.2) is 37.2 Å². The fraction of sp³-hybridized carbons (Fsp3) is 0.900. The number of ether oxygens (including phenoxy) is 1. The summed E-state index contributed by atoms with van der Waals surface area (Å²) in [4.78, 5) is 12.7. The summed E-state index contributed by atoms with van der Waals surface area (Å²) in [5.41, 5.74) is 4.85. The molecule has 82 valence electrons. The number of hydrogen-bond donors (Lipinski definition) is 1. The van der Waals surface area contributed by atoms with Gasteiger partial charge in [-0.05, 0) is 45.3 Å². The number of carbonyl (C=O) groups excluding carboxylic acids is 1. The van der Waals surface area contributed by atoms with Gasteiger partial charge in [-0.15, -0.1) is 0 Å². The van der Waals surface area contributed by atoms with Crippen LogP contribution in [-0.2, 0) is 4.74 Å². The molecule has 4 heteroatoms. The SMILES string of the molecule is NC(=O)OCCCCN1CCCCC1. The summed E-state index contributed by atoms with van der Waals surface area (Å²) in [6, 6.07) is 0. The van der Waals surface area contributed by atoms with E-state index >= 15 is 0 Å². The number of nitrogens with two attached hydrogens (primary N) is 1. The molecule has 1 amide bonds. The van der Waals surface area contributed by atoms with Crippen LogP contribution < -0.4 is 5.73 Å². The standard InChI is InChI=1S/C10H20N2O2/c11-10(13)14-9-5-4-8-12-6-2-1-3-7-12/h1-9H2,(H2,11,13). The van der Waals surface area contributed by atoms with Crippen LogP contribution in [0.1, 0.15) is 32.1 Å². The molecule has 1 fully saturated rings. The van der Waals surface area contributed by atoms with Crippen LogP contribution >= 0.6 is 0 Å². The van der Waals surface area contributed by atoms with Crippen LogP contribution in [0.15, 0.2) is 0 Å². The van der Waals surface area contributed by atoms with Crippen molar-refractivity contribution in [3.05, 3.63) is 0 Å². The molecule has 14 heavy (non-hydrogen) atoms. The Bertz CT molecular complexity index is 168. The van der Waals surface area contributed by atoms with E-state index in [2.05, 4.69) is 9.64 Å². The van der Waals surface area contributed by atoms with Crippen molar-refractivity contribution in [2.24, 2.45) is 5.73 Å². The number of hydrogen-bond acceptors (Lipinski definition) is 3. The molecule has 4 nitrogen and oxygen atoms in total. The predicted octanol–water partition coefficient (Wildman–Crippen LogP) is 1.35. The van der Waals surface area contributed by atoms with E-state index in [-0.39, 0.29) is 0 Å². The Morgan fingerprint density at radius 2 is 1.93 bits per heavy atom. The first-order valence-corrected chi connectivity index (χ1v) is 5.43. The van der Waals surface area contributed by atoms with Gasteiger partial charge in [-0.1, -0.05) is 6.42 Å². The molecule has 0 aliphatic carbocycles. The second-order valence-electron chi connectivity index (χ2n) is 3.78. The monoisotopic (exact) mass is 200 g/mol. The molecular weight excluding hydrogens is 180 g/mol. The zero-order valence-corrected chi connectivity index (χ0v) is 8.71. The van der Waals surface area contributed by atoms with Crippen LogP contribution in [0.2, 0.25) is 0 Å². The van der Waals surface area contributed by atoms with Crippen LogP contribution in [0.4, 0.5) is 4.79 Å². The van der Waals surface area contributed by atoms with Crippen LogP contribution in [0, 0.1) is 0 Å². The van der Waals surface area contributed by atoms with Gasteiger partial charge < -0.3 is 15.4 Å². The van der Waals surface area contributed by atoms with E-state index in [9.17, 15) is 4.79 Å². The zero-order valence-electron chi connectivity index (χ0n) is 8.71. The molecule has 0 aromatic rings. The lowest BCUT2D eigenvalue weighted by molar-refractivity contribution is 0.150. The minimum absolute atomic E-state index is 0.461. The number of piperidine rings is 1. The first kappa shape index (κ1) is 11.3. The topological polar surface area (TPSA) is 55.6 Å². The van der Waals surface area contributed by atoms with Gasteiger partial charge in [-0.3, -0.25) is 0 Å². The molecule has 2 N–H and O–H groups in total. The minimum Gasteiger partial charge on any atom is -0.450 e. The lowest BCUT2D eigenvalue weighted by Gasteiger charge is -2.26. The minimum atomic E-state index is -0.664. The maximum absolute atomic E-state index is 10.3. The molecule has 0 aromatic carbocycles. The molecule has 1 saturated heterocycles. The summed E-state index contributed by atoms with van der Waals surface area (Å²) in [5, 5.41) is 0. The number of amides is 1. The van der Waals surface area contributed by atoms with Gasteiger partial charge in [0.25, 0.3) is 0 Å². The Morgan fingerprint density at radius 1 is 1.21 bits per heavy atom. The maximum atomic E-state index is 10.3. The molecule has 0 radical (unpaired) electrons. The molecular formula is C10H20N2O2. The van der Waals surface area contributed by atoms with E-state index in [0.29, 0.717) is 6.61 Å². The van der Waals surface area contributed by atoms with Crippen molar-refractivity contribution in [2.45, 2.75) is 32.1 Å². The van der Waals surface area contributed by atoms with Gasteiger partial charge in [0.2, 0.25) is 0 Å². The molecule has 0 aromatic heterocycles. The summed E-state index contributed by atoms with van der Waals surface area (Å²) in [6.07, 6.45) is 5.38. The second-order valence-corrected chi connectivity index (χ2v) is 3.78. The van der Waals surface area contributed by atoms with Crippen LogP contribution in [0.5, 0.6) is 0 Å². The largest absolute Gasteiger partial charge is 0.450 e. The van der Waals surface area contributed by atoms with Crippen molar-refractivity contribution in [3.8, 4) is 0 Å². The molecule has 0 saturated carbocycles. The smallest absolute Gasteiger partial charge is 0.404 e. The Kier molecular flexibility index (Phi) is 5.37. The maximum Gasteiger partial charge on any atom is 0.404 e. The normalized spacial score (nSPS) is 18.0. The Hall–Kier alpha value is -0.770. The van der Waals surface area contributed by atoms with Crippen molar-refractivity contribution in [3.63, 3.8) is 0 Å². The van der Waals surface area contributed by atoms with Gasteiger partial charge in [0.1, 0.15) is 0 Å². The molecule has 1 aliphatic rings. The van der Waals surface area contributed by atoms with E-state index in [0.717, 1.165) is 19.4 Å². The van der Waals surface area contributed by atoms with Gasteiger partial charge in [-0.2, -0.15) is 0 Å². The first-order valence-electron chi connectivity index (χ1n) is 5.43. The number of likely N-dealkylation sites (tertiary alicyclic amines) is 1. The highest BCUT2D eigenvalue weighted by molar-refractivity contribution is 5.64. The van der Waals surface area contributed by atoms with E-state index in [1.807, 2.05) is 0 Å². The third-order valence-corrected chi connectivity index (χ3v) is 2.56. The second kappa shape index (κ2) is 6.65. The Morgan fingerprint density at radius 3 is 2.57 bits per heavy atom. The lowest BCUT2D eigenvalue weighted by atomic mass is 10.1. The molecule has 0 unspecified atom stereocenters. The number of unbranched alkanes of at least 4 members (excludes halogenated alkanes) is 1. The fourth-order valence-electron chi connectivity index (χ4n) is 1.79. The molecule has 0 spiro atoms. The van der Waals surface area contributed by atoms with Crippen LogP contribution in [0.3, 0.4) is 0 Å². The van der Waals surface area contributed by atoms with Crippen LogP contribution in [0.25, 0.3) is 0 Å². The van der Waals surface area contributed by atoms with Crippen molar-refractivity contribution in [2.75, 3.05) is 26.2 Å². The van der Waals surface area contributed by atoms with E-state index in [1.165, 1.54) is 32.4 Å². The van der Waals surface area contributed by atoms with Crippen molar-refractivity contribution >= 4 is 6.09 Å². The van der Waals surface area contributed by atoms with Gasteiger partial charge in [-0.25, -0.2) is 4.79 Å². The Labute approximate surface area is 85.4 Å². The molecule has 1 aliphatic heterocycles. The lowest BCUT2D eigenvalue weighted by Crippen LogP contribution is -2.30. The molecule has 0 atom stereocenters. The summed E-state index contributed by atoms with van der Waals surface area (Å²) in [6.45, 7) is 4.05. The first-order chi connectivity index (χ1) is 6.79. The average Bonchev–Trinajstić information content (AvgIpc) is 2.18. The highest BCUT2D eigenvalue weighted by Gasteiger charge is 2.08. The molecule has 0 bridgehead atoms. The van der Waals surface area contributed by atoms with Gasteiger partial charge in [0.05, 0.1) is 6.61 Å². The summed E-state index contributed by atoms with van der Waals surface area (Å²) in [5.74, 6) is 0. The summed E-state index contributed by atoms with van der Waals surface area (Å²) < 4.78 is 4.65. The highest BCUT2D eigenvalue weighted by Crippen LogP contribution is 2.09. The average molecular weight is 200 g/mol.